The van der Waals surface area contributed by atoms with Crippen LogP contribution in [-0.4, -0.2) is 203 Å². The molecule has 20 heteroatoms. The third-order valence-electron chi connectivity index (χ3n) is 19.6. The summed E-state index contributed by atoms with van der Waals surface area (Å²) in [6.45, 7) is 12.1. The number of fused-ring (bicyclic) bond motifs is 7. The van der Waals surface area contributed by atoms with Crippen LogP contribution >= 0.6 is 0 Å². The fraction of sp³-hybridized carbons (Fsp3) is 0.938. The first kappa shape index (κ1) is 52.8. The highest BCUT2D eigenvalue weighted by molar-refractivity contribution is 5.79. The first-order valence-electron chi connectivity index (χ1n) is 24.6. The SMILES string of the molecule is C[C@H]1[C@H](C)CC[C@]2(C(=O)O[C@@H]3O[C@H](CO[C@@H]4O[C@H](CO)[C@@H](O[C@H]5O[C@@H](C)[C@H](O)[C@@H](O)[C@H]5O)[C@H](O)[C@H]4O)[C@@H](O)[C@H](O)[C@H]3O)CC[C@]3(C)C(=CC[C@@H]4[C@@]5(C)C[C@@H](O)[C@H](O)[C@@](C)(CO)[C@@H]5[C@H](O)C[C@]43C)[C@@H]12. The van der Waals surface area contributed by atoms with Crippen LogP contribution in [0.1, 0.15) is 93.4 Å². The fourth-order valence-corrected chi connectivity index (χ4v) is 15.4. The van der Waals surface area contributed by atoms with Crippen LogP contribution in [0.25, 0.3) is 0 Å². The average Bonchev–Trinajstić information content (AvgIpc) is 3.29. The molecular formula is C48H78O20. The maximum atomic E-state index is 15.0. The Bertz CT molecular complexity index is 1860. The van der Waals surface area contributed by atoms with E-state index in [0.717, 1.165) is 5.57 Å². The van der Waals surface area contributed by atoms with Crippen molar-refractivity contribution in [3.8, 4) is 0 Å². The fourth-order valence-electron chi connectivity index (χ4n) is 15.4. The van der Waals surface area contributed by atoms with Gasteiger partial charge in [-0.15, -0.1) is 0 Å². The third-order valence-corrected chi connectivity index (χ3v) is 19.6. The molecule has 0 bridgehead atoms. The molecule has 0 aromatic heterocycles. The Hall–Kier alpha value is -1.51. The number of carbonyl (C=O) groups is 1. The van der Waals surface area contributed by atoms with Crippen LogP contribution in [0.15, 0.2) is 11.6 Å². The minimum absolute atomic E-state index is 0.0115. The lowest BCUT2D eigenvalue weighted by molar-refractivity contribution is -0.361. The third kappa shape index (κ3) is 7.89. The van der Waals surface area contributed by atoms with Gasteiger partial charge in [0.05, 0.1) is 49.7 Å². The molecule has 68 heavy (non-hydrogen) atoms. The summed E-state index contributed by atoms with van der Waals surface area (Å²) in [5.74, 6) is -1.31. The highest BCUT2D eigenvalue weighted by atomic mass is 16.8. The number of ether oxygens (including phenoxy) is 6. The quantitative estimate of drug-likeness (QED) is 0.0873. The van der Waals surface area contributed by atoms with E-state index in [-0.39, 0.29) is 30.1 Å². The van der Waals surface area contributed by atoms with E-state index in [1.54, 1.807) is 6.92 Å². The van der Waals surface area contributed by atoms with Gasteiger partial charge in [-0.25, -0.2) is 0 Å². The van der Waals surface area contributed by atoms with Gasteiger partial charge in [-0.3, -0.25) is 4.79 Å². The van der Waals surface area contributed by atoms with Crippen molar-refractivity contribution in [1.82, 2.24) is 0 Å². The first-order chi connectivity index (χ1) is 31.8. The summed E-state index contributed by atoms with van der Waals surface area (Å²) >= 11 is 0. The van der Waals surface area contributed by atoms with E-state index in [1.807, 2.05) is 0 Å². The monoisotopic (exact) mass is 975 g/mol. The van der Waals surface area contributed by atoms with Gasteiger partial charge in [0.2, 0.25) is 6.29 Å². The van der Waals surface area contributed by atoms with E-state index in [9.17, 15) is 66.4 Å². The number of allylic oxidation sites excluding steroid dienone is 2. The van der Waals surface area contributed by atoms with Gasteiger partial charge in [-0.2, -0.15) is 0 Å². The zero-order valence-corrected chi connectivity index (χ0v) is 40.1. The van der Waals surface area contributed by atoms with Gasteiger partial charge in [0.25, 0.3) is 0 Å². The Morgan fingerprint density at radius 1 is 0.706 bits per heavy atom. The maximum absolute atomic E-state index is 15.0. The van der Waals surface area contributed by atoms with Gasteiger partial charge in [0.1, 0.15) is 67.1 Å². The summed E-state index contributed by atoms with van der Waals surface area (Å²) in [5.41, 5.74) is -2.84. The van der Waals surface area contributed by atoms with Gasteiger partial charge >= 0.3 is 5.97 Å². The molecule has 0 aromatic carbocycles. The second-order valence-corrected chi connectivity index (χ2v) is 23.1. The number of carbonyl (C=O) groups excluding carboxylic acids is 1. The van der Waals surface area contributed by atoms with Gasteiger partial charge in [-0.1, -0.05) is 53.2 Å². The zero-order chi connectivity index (χ0) is 50.0. The molecule has 8 rings (SSSR count). The van der Waals surface area contributed by atoms with Gasteiger partial charge in [0, 0.05) is 11.3 Å². The summed E-state index contributed by atoms with van der Waals surface area (Å²) in [6.07, 6.45) is -22.3. The summed E-state index contributed by atoms with van der Waals surface area (Å²) in [7, 11) is 0. The van der Waals surface area contributed by atoms with E-state index in [2.05, 4.69) is 40.7 Å². The van der Waals surface area contributed by atoms with E-state index in [0.29, 0.717) is 38.5 Å². The van der Waals surface area contributed by atoms with E-state index < -0.39 is 169 Å². The highest BCUT2D eigenvalue weighted by Crippen LogP contribution is 2.76. The molecule has 13 N–H and O–H groups in total. The Morgan fingerprint density at radius 3 is 2.00 bits per heavy atom. The van der Waals surface area contributed by atoms with Crippen molar-refractivity contribution in [2.24, 2.45) is 56.7 Å². The summed E-state index contributed by atoms with van der Waals surface area (Å²) in [6, 6.07) is 0. The highest BCUT2D eigenvalue weighted by Gasteiger charge is 2.73. The number of aliphatic hydroxyl groups is 13. The molecule has 0 amide bonds. The number of esters is 1. The minimum Gasteiger partial charge on any atom is -0.432 e. The molecule has 20 nitrogen and oxygen atoms in total. The topological polar surface area (TPSA) is 335 Å². The second kappa shape index (κ2) is 18.8. The molecule has 4 saturated carbocycles. The molecule has 0 spiro atoms. The minimum atomic E-state index is -1.89. The molecule has 8 aliphatic rings. The summed E-state index contributed by atoms with van der Waals surface area (Å²) in [5, 5.41) is 142. The molecule has 3 aliphatic heterocycles. The van der Waals surface area contributed by atoms with Gasteiger partial charge in [-0.05, 0) is 91.8 Å². The van der Waals surface area contributed by atoms with Crippen LogP contribution in [0, 0.1) is 56.7 Å². The van der Waals surface area contributed by atoms with Crippen molar-refractivity contribution in [3.05, 3.63) is 11.6 Å². The smallest absolute Gasteiger partial charge is 0.315 e. The molecule has 7 fully saturated rings. The van der Waals surface area contributed by atoms with E-state index in [4.69, 9.17) is 28.4 Å². The van der Waals surface area contributed by atoms with Gasteiger partial charge in [0.15, 0.2) is 12.6 Å². The normalized spacial score (nSPS) is 57.1. The van der Waals surface area contributed by atoms with Crippen molar-refractivity contribution in [1.29, 1.82) is 0 Å². The van der Waals surface area contributed by atoms with Crippen LogP contribution in [-0.2, 0) is 33.2 Å². The average molecular weight is 975 g/mol. The molecule has 0 aromatic rings. The maximum Gasteiger partial charge on any atom is 0.315 e. The van der Waals surface area contributed by atoms with Crippen molar-refractivity contribution in [2.45, 2.75) is 204 Å². The number of hydrogen-bond acceptors (Lipinski definition) is 20. The van der Waals surface area contributed by atoms with E-state index >= 15 is 4.79 Å². The summed E-state index contributed by atoms with van der Waals surface area (Å²) in [4.78, 5) is 15.0. The largest absolute Gasteiger partial charge is 0.432 e. The molecular weight excluding hydrogens is 897 g/mol. The van der Waals surface area contributed by atoms with Crippen molar-refractivity contribution in [3.63, 3.8) is 0 Å². The van der Waals surface area contributed by atoms with Crippen molar-refractivity contribution < 1.29 is 99.6 Å². The van der Waals surface area contributed by atoms with Crippen LogP contribution in [0.3, 0.4) is 0 Å². The molecule has 3 heterocycles. The number of rotatable bonds is 9. The molecule has 3 saturated heterocycles. The standard InChI is InChI=1S/C48H78O20/c1-19-10-11-48(13-12-46(6)22(28(48)20(19)2)8-9-27-44(4)14-24(52)39(61)45(5,18-50)38(44)23(51)15-47(27,46)7)43(62)68-42-35(59)32(56)30(54)26(66-42)17-63-40-36(60)33(57)37(25(16-49)65-40)67-41-34(58)31(55)29(53)21(3)64-41/h8,19-21,23-42,49-61H,9-18H2,1-7H3/t19-,20+,21+,23-,24-,25-,26-,27-,28-,29+,30-,31-,32+,33-,34-,35-,36-,37-,38-,39+,40-,41-,42+,44-,45+,46-,47-,48+/m1/s1. The second-order valence-electron chi connectivity index (χ2n) is 23.1. The van der Waals surface area contributed by atoms with Crippen LogP contribution in [0.2, 0.25) is 0 Å². The van der Waals surface area contributed by atoms with Crippen LogP contribution in [0.4, 0.5) is 0 Å². The van der Waals surface area contributed by atoms with Crippen molar-refractivity contribution in [2.75, 3.05) is 19.8 Å². The molecule has 0 unspecified atom stereocenters. The Labute approximate surface area is 396 Å². The molecule has 5 aliphatic carbocycles. The Morgan fingerprint density at radius 2 is 1.34 bits per heavy atom. The first-order valence-corrected chi connectivity index (χ1v) is 24.6. The Kier molecular flexibility index (Phi) is 14.6. The summed E-state index contributed by atoms with van der Waals surface area (Å²) < 4.78 is 34.6. The molecule has 390 valence electrons. The predicted octanol–water partition coefficient (Wildman–Crippen LogP) is -2.06. The lowest BCUT2D eigenvalue weighted by Gasteiger charge is -2.72. The molecule has 28 atom stereocenters. The van der Waals surface area contributed by atoms with Crippen LogP contribution < -0.4 is 0 Å². The zero-order valence-electron chi connectivity index (χ0n) is 40.1. The lowest BCUT2D eigenvalue weighted by atomic mass is 9.32. The number of hydrogen-bond donors (Lipinski definition) is 13. The van der Waals surface area contributed by atoms with Gasteiger partial charge < -0.3 is 94.8 Å². The molecule has 0 radical (unpaired) electrons. The predicted molar refractivity (Wildman–Crippen MR) is 233 cm³/mol. The van der Waals surface area contributed by atoms with Crippen molar-refractivity contribution >= 4 is 5.97 Å². The van der Waals surface area contributed by atoms with E-state index in [1.165, 1.54) is 6.92 Å². The number of aliphatic hydroxyl groups excluding tert-OH is 13. The van der Waals surface area contributed by atoms with Crippen LogP contribution in [0.5, 0.6) is 0 Å². The lowest BCUT2D eigenvalue weighted by Crippen LogP contribution is -2.71. The Balaban J connectivity index is 0.994.